The van der Waals surface area contributed by atoms with Crippen molar-refractivity contribution in [1.82, 2.24) is 10.5 Å². The molecule has 1 saturated heterocycles. The number of para-hydroxylation sites is 1. The number of benzene rings is 1. The largest absolute Gasteiger partial charge is 0.484 e. The number of aromatic nitrogens is 1. The van der Waals surface area contributed by atoms with Crippen molar-refractivity contribution >= 4 is 17.5 Å². The van der Waals surface area contributed by atoms with Gasteiger partial charge in [-0.2, -0.15) is 0 Å². The Morgan fingerprint density at radius 3 is 3.08 bits per heavy atom. The van der Waals surface area contributed by atoms with Crippen LogP contribution in [-0.2, 0) is 22.6 Å². The molecule has 24 heavy (non-hydrogen) atoms. The van der Waals surface area contributed by atoms with E-state index in [-0.39, 0.29) is 18.9 Å². The zero-order valence-electron chi connectivity index (χ0n) is 13.2. The molecule has 1 fully saturated rings. The zero-order valence-corrected chi connectivity index (χ0v) is 13.9. The number of carbonyl (C=O) groups excluding carboxylic acids is 1. The summed E-state index contributed by atoms with van der Waals surface area (Å²) in [4.78, 5) is 11.9. The first-order valence-corrected chi connectivity index (χ1v) is 8.25. The molecule has 0 aliphatic carbocycles. The lowest BCUT2D eigenvalue weighted by molar-refractivity contribution is -0.120. The fraction of sp³-hybridized carbons (Fsp3) is 0.412. The third-order valence-corrected chi connectivity index (χ3v) is 4.08. The van der Waals surface area contributed by atoms with Crippen LogP contribution in [-0.4, -0.2) is 30.8 Å². The molecule has 1 aliphatic heterocycles. The minimum atomic E-state index is -0.0752. The molecule has 1 atom stereocenters. The van der Waals surface area contributed by atoms with Gasteiger partial charge in [0.05, 0.1) is 23.7 Å². The van der Waals surface area contributed by atoms with Crippen LogP contribution in [0.3, 0.4) is 0 Å². The summed E-state index contributed by atoms with van der Waals surface area (Å²) in [5, 5.41) is 7.33. The predicted octanol–water partition coefficient (Wildman–Crippen LogP) is 2.60. The molecule has 0 saturated carbocycles. The normalized spacial score (nSPS) is 17.0. The topological polar surface area (TPSA) is 73.6 Å². The van der Waals surface area contributed by atoms with E-state index < -0.39 is 0 Å². The van der Waals surface area contributed by atoms with Gasteiger partial charge in [0.1, 0.15) is 12.4 Å². The van der Waals surface area contributed by atoms with Crippen LogP contribution in [0.1, 0.15) is 17.9 Å². The van der Waals surface area contributed by atoms with Crippen molar-refractivity contribution < 1.29 is 18.8 Å². The van der Waals surface area contributed by atoms with Crippen molar-refractivity contribution in [1.29, 1.82) is 0 Å². The van der Waals surface area contributed by atoms with Gasteiger partial charge in [0, 0.05) is 25.1 Å². The fourth-order valence-corrected chi connectivity index (χ4v) is 2.64. The number of nitrogens with zero attached hydrogens (tertiary/aromatic N) is 1. The molecule has 1 unspecified atom stereocenters. The quantitative estimate of drug-likeness (QED) is 0.830. The van der Waals surface area contributed by atoms with Crippen LogP contribution < -0.4 is 10.1 Å². The van der Waals surface area contributed by atoms with E-state index in [0.717, 1.165) is 13.0 Å². The molecule has 0 spiro atoms. The molecule has 2 aromatic rings. The Morgan fingerprint density at radius 1 is 1.42 bits per heavy atom. The van der Waals surface area contributed by atoms with E-state index in [1.165, 1.54) is 0 Å². The molecule has 6 nitrogen and oxygen atoms in total. The highest BCUT2D eigenvalue weighted by Gasteiger charge is 2.17. The number of nitrogens with one attached hydrogen (secondary N) is 1. The molecule has 1 aromatic carbocycles. The van der Waals surface area contributed by atoms with Gasteiger partial charge < -0.3 is 19.3 Å². The molecule has 128 valence electrons. The number of carbonyl (C=O) groups is 1. The average molecular weight is 351 g/mol. The van der Waals surface area contributed by atoms with Gasteiger partial charge in [-0.1, -0.05) is 28.9 Å². The maximum absolute atomic E-state index is 11.9. The summed E-state index contributed by atoms with van der Waals surface area (Å²) in [5.74, 6) is 1.45. The second kappa shape index (κ2) is 8.17. The predicted molar refractivity (Wildman–Crippen MR) is 87.9 cm³/mol. The van der Waals surface area contributed by atoms with Gasteiger partial charge in [0.15, 0.2) is 5.76 Å². The van der Waals surface area contributed by atoms with Crippen molar-refractivity contribution in [3.8, 4) is 5.75 Å². The van der Waals surface area contributed by atoms with Crippen molar-refractivity contribution in [2.24, 2.45) is 5.92 Å². The van der Waals surface area contributed by atoms with Crippen LogP contribution in [0.5, 0.6) is 5.75 Å². The molecule has 0 radical (unpaired) electrons. The van der Waals surface area contributed by atoms with Gasteiger partial charge in [0.25, 0.3) is 0 Å². The van der Waals surface area contributed by atoms with Crippen molar-refractivity contribution in [2.45, 2.75) is 19.4 Å². The van der Waals surface area contributed by atoms with E-state index in [1.54, 1.807) is 18.2 Å². The summed E-state index contributed by atoms with van der Waals surface area (Å²) < 4.78 is 16.0. The van der Waals surface area contributed by atoms with Crippen LogP contribution in [0.2, 0.25) is 5.02 Å². The number of hydrogen-bond donors (Lipinski definition) is 1. The smallest absolute Gasteiger partial charge is 0.226 e. The Hall–Kier alpha value is -2.05. The Kier molecular flexibility index (Phi) is 5.72. The lowest BCUT2D eigenvalue weighted by atomic mass is 10.1. The number of halogens is 1. The number of hydrogen-bond acceptors (Lipinski definition) is 5. The van der Waals surface area contributed by atoms with E-state index in [0.29, 0.717) is 41.3 Å². The third-order valence-electron chi connectivity index (χ3n) is 3.77. The standard InChI is InChI=1S/C17H19ClN2O4/c18-15-3-1-2-4-16(15)23-11-14-7-13(20-24-14)8-17(21)19-9-12-5-6-22-10-12/h1-4,7,12H,5-6,8-11H2,(H,19,21). The fourth-order valence-electron chi connectivity index (χ4n) is 2.45. The Labute approximate surface area is 145 Å². The molecule has 1 aromatic heterocycles. The second-order valence-electron chi connectivity index (χ2n) is 5.71. The average Bonchev–Trinajstić information content (AvgIpc) is 3.24. The van der Waals surface area contributed by atoms with Crippen LogP contribution in [0.4, 0.5) is 0 Å². The summed E-state index contributed by atoms with van der Waals surface area (Å²) in [6.45, 7) is 2.34. The van der Waals surface area contributed by atoms with Crippen molar-refractivity contribution in [2.75, 3.05) is 19.8 Å². The number of amides is 1. The maximum atomic E-state index is 11.9. The van der Waals surface area contributed by atoms with Crippen LogP contribution in [0.25, 0.3) is 0 Å². The lowest BCUT2D eigenvalue weighted by Gasteiger charge is -2.08. The Bertz CT molecular complexity index is 683. The van der Waals surface area contributed by atoms with E-state index >= 15 is 0 Å². The van der Waals surface area contributed by atoms with Gasteiger partial charge in [-0.3, -0.25) is 4.79 Å². The monoisotopic (exact) mass is 350 g/mol. The van der Waals surface area contributed by atoms with Gasteiger partial charge in [-0.25, -0.2) is 0 Å². The summed E-state index contributed by atoms with van der Waals surface area (Å²) in [6.07, 6.45) is 1.18. The molecule has 7 heteroatoms. The van der Waals surface area contributed by atoms with Crippen molar-refractivity contribution in [3.63, 3.8) is 0 Å². The van der Waals surface area contributed by atoms with Gasteiger partial charge in [0.2, 0.25) is 5.91 Å². The Morgan fingerprint density at radius 2 is 2.29 bits per heavy atom. The van der Waals surface area contributed by atoms with E-state index in [2.05, 4.69) is 10.5 Å². The molecule has 3 rings (SSSR count). The van der Waals surface area contributed by atoms with Gasteiger partial charge in [-0.05, 0) is 18.6 Å². The number of ether oxygens (including phenoxy) is 2. The zero-order chi connectivity index (χ0) is 16.8. The maximum Gasteiger partial charge on any atom is 0.226 e. The highest BCUT2D eigenvalue weighted by Crippen LogP contribution is 2.24. The van der Waals surface area contributed by atoms with E-state index in [9.17, 15) is 4.79 Å². The third kappa shape index (κ3) is 4.72. The summed E-state index contributed by atoms with van der Waals surface area (Å²) in [7, 11) is 0. The lowest BCUT2D eigenvalue weighted by Crippen LogP contribution is -2.30. The summed E-state index contributed by atoms with van der Waals surface area (Å²) in [6, 6.07) is 8.92. The molecule has 0 bridgehead atoms. The minimum Gasteiger partial charge on any atom is -0.484 e. The molecular formula is C17H19ClN2O4. The minimum absolute atomic E-state index is 0.0752. The first-order valence-electron chi connectivity index (χ1n) is 7.87. The highest BCUT2D eigenvalue weighted by atomic mass is 35.5. The second-order valence-corrected chi connectivity index (χ2v) is 6.12. The molecule has 2 heterocycles. The highest BCUT2D eigenvalue weighted by molar-refractivity contribution is 6.32. The van der Waals surface area contributed by atoms with Gasteiger partial charge >= 0.3 is 0 Å². The molecule has 1 amide bonds. The van der Waals surface area contributed by atoms with Crippen LogP contribution in [0, 0.1) is 5.92 Å². The first-order chi connectivity index (χ1) is 11.7. The van der Waals surface area contributed by atoms with E-state index in [4.69, 9.17) is 25.6 Å². The van der Waals surface area contributed by atoms with Crippen LogP contribution in [0.15, 0.2) is 34.9 Å². The van der Waals surface area contributed by atoms with Crippen molar-refractivity contribution in [3.05, 3.63) is 46.8 Å². The molecule has 1 N–H and O–H groups in total. The number of rotatable bonds is 7. The molecule has 1 aliphatic rings. The first kappa shape index (κ1) is 16.8. The van der Waals surface area contributed by atoms with Gasteiger partial charge in [-0.15, -0.1) is 0 Å². The Balaban J connectivity index is 1.44. The van der Waals surface area contributed by atoms with E-state index in [1.807, 2.05) is 12.1 Å². The van der Waals surface area contributed by atoms with Crippen LogP contribution >= 0.6 is 11.6 Å². The SMILES string of the molecule is O=C(Cc1cc(COc2ccccc2Cl)on1)NCC1CCOC1. The molecular weight excluding hydrogens is 332 g/mol. The summed E-state index contributed by atoms with van der Waals surface area (Å²) >= 11 is 6.02. The summed E-state index contributed by atoms with van der Waals surface area (Å²) in [5.41, 5.74) is 0.577.